The molecule has 2 saturated heterocycles. The Hall–Kier alpha value is -5.97. The molecule has 3 aliphatic rings. The summed E-state index contributed by atoms with van der Waals surface area (Å²) in [6.45, 7) is 4.20. The molecule has 5 rings (SSSR count). The molecule has 0 spiro atoms. The van der Waals surface area contributed by atoms with Crippen LogP contribution in [0.15, 0.2) is 48.5 Å². The van der Waals surface area contributed by atoms with Gasteiger partial charge in [0, 0.05) is 13.1 Å². The lowest BCUT2D eigenvalue weighted by molar-refractivity contribution is -0.123. The Morgan fingerprint density at radius 1 is 0.783 bits per heavy atom. The molecule has 17 heteroatoms. The maximum atomic E-state index is 12.0. The van der Waals surface area contributed by atoms with E-state index in [1.54, 1.807) is 31.2 Å². The first-order chi connectivity index (χ1) is 21.5. The van der Waals surface area contributed by atoms with Gasteiger partial charge in [0.2, 0.25) is 0 Å². The number of carboxylic acids is 1. The Morgan fingerprint density at radius 3 is 1.63 bits per heavy atom. The van der Waals surface area contributed by atoms with Gasteiger partial charge in [0.25, 0.3) is 29.5 Å². The summed E-state index contributed by atoms with van der Waals surface area (Å²) in [7, 11) is 0. The quantitative estimate of drug-likeness (QED) is 0.145. The van der Waals surface area contributed by atoms with Crippen molar-refractivity contribution in [2.24, 2.45) is 5.73 Å². The molecule has 2 aromatic rings. The first-order valence-electron chi connectivity index (χ1n) is 13.6. The van der Waals surface area contributed by atoms with Crippen molar-refractivity contribution < 1.29 is 48.3 Å². The normalized spacial score (nSPS) is 21.0. The van der Waals surface area contributed by atoms with Crippen molar-refractivity contribution in [3.63, 3.8) is 0 Å². The highest BCUT2D eigenvalue weighted by Gasteiger charge is 2.42. The van der Waals surface area contributed by atoms with E-state index in [0.29, 0.717) is 11.1 Å². The minimum Gasteiger partial charge on any atom is -0.478 e. The van der Waals surface area contributed by atoms with Gasteiger partial charge in [-0.3, -0.25) is 44.3 Å². The highest BCUT2D eigenvalue weighted by atomic mass is 16.4. The van der Waals surface area contributed by atoms with Crippen LogP contribution in [0.5, 0.6) is 0 Å². The number of hydrogen-bond donors (Lipinski definition) is 7. The van der Waals surface area contributed by atoms with E-state index in [0.717, 1.165) is 4.90 Å². The molecule has 2 aromatic carbocycles. The highest BCUT2D eigenvalue weighted by Crippen LogP contribution is 2.22. The first-order valence-corrected chi connectivity index (χ1v) is 13.6. The topological polar surface area (TPSA) is 263 Å². The molecule has 0 bridgehead atoms. The molecular weight excluding hydrogens is 606 g/mol. The minimum atomic E-state index is -1.26. The van der Waals surface area contributed by atoms with Gasteiger partial charge in [0.1, 0.15) is 16.9 Å². The van der Waals surface area contributed by atoms with E-state index >= 15 is 0 Å². The van der Waals surface area contributed by atoms with Gasteiger partial charge in [0.05, 0.1) is 28.8 Å². The first kappa shape index (κ1) is 34.5. The molecule has 242 valence electrons. The van der Waals surface area contributed by atoms with Gasteiger partial charge >= 0.3 is 18.0 Å². The monoisotopic (exact) mass is 637 g/mol. The molecule has 2 unspecified atom stereocenters. The van der Waals surface area contributed by atoms with Crippen molar-refractivity contribution in [1.82, 2.24) is 31.5 Å². The van der Waals surface area contributed by atoms with E-state index in [-0.39, 0.29) is 54.3 Å². The number of nitrogens with one attached hydrogen (secondary N) is 5. The van der Waals surface area contributed by atoms with E-state index in [4.69, 9.17) is 10.8 Å². The SMILES string of the molecule is CC(=O)CN1C(=O)c2ccccc2C1=O.CC1(CN)NC(=O)NC1=O.CC1(CNC(=O)c2ccccc2C(=O)O)NC(=O)NC1=O. The lowest BCUT2D eigenvalue weighted by Crippen LogP contribution is -2.52. The van der Waals surface area contributed by atoms with Crippen LogP contribution in [-0.4, -0.2) is 94.1 Å². The Bertz CT molecular complexity index is 1620. The number of Topliss-reactive ketones (excluding diaryl/α,β-unsaturated/α-hetero) is 1. The lowest BCUT2D eigenvalue weighted by Gasteiger charge is -2.21. The lowest BCUT2D eigenvalue weighted by atomic mass is 10.0. The molecule has 2 fully saturated rings. The van der Waals surface area contributed by atoms with Crippen LogP contribution in [0.3, 0.4) is 0 Å². The van der Waals surface area contributed by atoms with Crippen LogP contribution in [0.4, 0.5) is 9.59 Å². The summed E-state index contributed by atoms with van der Waals surface area (Å²) in [5.74, 6) is -3.75. The van der Waals surface area contributed by atoms with Crippen molar-refractivity contribution in [1.29, 1.82) is 0 Å². The predicted molar refractivity (Wildman–Crippen MR) is 157 cm³/mol. The number of nitrogens with two attached hydrogens (primary N) is 1. The van der Waals surface area contributed by atoms with E-state index in [1.165, 1.54) is 38.1 Å². The zero-order valence-corrected chi connectivity index (χ0v) is 24.9. The standard InChI is InChI=1S/C13H13N3O5.C11H9NO3.C5H9N3O2/c1-13(11(20)15-12(21)16-13)6-14-9(17)7-4-2-3-5-8(7)10(18)19;1-7(13)6-12-10(14)8-4-2-3-5-9(8)11(12)15;1-5(2-6)3(9)7-4(10)8-5/h2-5H,6H2,1H3,(H,14,17)(H,18,19)(H2,15,16,20,21);2-5H,6H2,1H3;2,6H2,1H3,(H2,7,8,9,10). The van der Waals surface area contributed by atoms with Crippen molar-refractivity contribution in [3.8, 4) is 0 Å². The van der Waals surface area contributed by atoms with E-state index < -0.39 is 40.9 Å². The van der Waals surface area contributed by atoms with Crippen LogP contribution < -0.4 is 32.3 Å². The van der Waals surface area contributed by atoms with Crippen molar-refractivity contribution in [2.45, 2.75) is 31.8 Å². The van der Waals surface area contributed by atoms with E-state index in [1.807, 2.05) is 0 Å². The highest BCUT2D eigenvalue weighted by molar-refractivity contribution is 6.22. The van der Waals surface area contributed by atoms with Crippen LogP contribution in [0.25, 0.3) is 0 Å². The number of hydrogen-bond acceptors (Lipinski definition) is 10. The Kier molecular flexibility index (Phi) is 10.3. The number of fused-ring (bicyclic) bond motifs is 1. The van der Waals surface area contributed by atoms with E-state index in [2.05, 4.69) is 26.6 Å². The number of aromatic carboxylic acids is 1. The van der Waals surface area contributed by atoms with Gasteiger partial charge in [0.15, 0.2) is 0 Å². The fraction of sp³-hybridized carbons (Fsp3) is 0.276. The Labute approximate surface area is 261 Å². The summed E-state index contributed by atoms with van der Waals surface area (Å²) in [6.07, 6.45) is 0. The fourth-order valence-electron chi connectivity index (χ4n) is 4.25. The van der Waals surface area contributed by atoms with Gasteiger partial charge in [-0.05, 0) is 45.0 Å². The Morgan fingerprint density at radius 2 is 1.24 bits per heavy atom. The smallest absolute Gasteiger partial charge is 0.336 e. The molecule has 17 nitrogen and oxygen atoms in total. The molecule has 0 aliphatic carbocycles. The maximum Gasteiger partial charge on any atom is 0.336 e. The second-order valence-corrected chi connectivity index (χ2v) is 10.7. The minimum absolute atomic E-state index is 0.0154. The van der Waals surface area contributed by atoms with Crippen LogP contribution >= 0.6 is 0 Å². The molecule has 0 saturated carbocycles. The van der Waals surface area contributed by atoms with Gasteiger partial charge in [-0.15, -0.1) is 0 Å². The van der Waals surface area contributed by atoms with Gasteiger partial charge in [-0.25, -0.2) is 14.4 Å². The summed E-state index contributed by atoms with van der Waals surface area (Å²) in [5, 5.41) is 20.4. The molecule has 9 amide bonds. The summed E-state index contributed by atoms with van der Waals surface area (Å²) in [6, 6.07) is 11.2. The molecule has 0 aromatic heterocycles. The van der Waals surface area contributed by atoms with Gasteiger partial charge < -0.3 is 26.8 Å². The number of urea groups is 2. The maximum absolute atomic E-state index is 12.0. The zero-order chi connectivity index (χ0) is 34.4. The number of nitrogens with zero attached hydrogens (tertiary/aromatic N) is 1. The number of imide groups is 3. The van der Waals surface area contributed by atoms with Gasteiger partial charge in [-0.2, -0.15) is 0 Å². The van der Waals surface area contributed by atoms with Crippen molar-refractivity contribution in [3.05, 3.63) is 70.8 Å². The third kappa shape index (κ3) is 7.56. The molecule has 2 atom stereocenters. The molecule has 0 radical (unpaired) electrons. The zero-order valence-electron chi connectivity index (χ0n) is 24.9. The van der Waals surface area contributed by atoms with Crippen molar-refractivity contribution >= 4 is 53.4 Å². The number of carbonyl (C=O) groups is 9. The van der Waals surface area contributed by atoms with Crippen LogP contribution in [-0.2, 0) is 14.4 Å². The largest absolute Gasteiger partial charge is 0.478 e. The second kappa shape index (κ2) is 13.8. The number of ketones is 1. The summed E-state index contributed by atoms with van der Waals surface area (Å²) >= 11 is 0. The van der Waals surface area contributed by atoms with Gasteiger partial charge in [-0.1, -0.05) is 24.3 Å². The average Bonchev–Trinajstić information content (AvgIpc) is 3.53. The fourth-order valence-corrected chi connectivity index (χ4v) is 4.25. The Balaban J connectivity index is 0.000000201. The molecular formula is C29H31N7O10. The van der Waals surface area contributed by atoms with Crippen LogP contribution in [0, 0.1) is 0 Å². The number of benzene rings is 2. The summed E-state index contributed by atoms with van der Waals surface area (Å²) < 4.78 is 0. The molecule has 3 heterocycles. The number of carboxylic acid groups (broad SMARTS) is 1. The average molecular weight is 638 g/mol. The summed E-state index contributed by atoms with van der Waals surface area (Å²) in [4.78, 5) is 102. The van der Waals surface area contributed by atoms with Crippen molar-refractivity contribution in [2.75, 3.05) is 19.6 Å². The molecule has 3 aliphatic heterocycles. The number of amides is 9. The van der Waals surface area contributed by atoms with E-state index in [9.17, 15) is 43.2 Å². The third-order valence-electron chi connectivity index (χ3n) is 6.91. The number of carbonyl (C=O) groups excluding carboxylic acids is 8. The number of rotatable bonds is 7. The third-order valence-corrected chi connectivity index (χ3v) is 6.91. The summed E-state index contributed by atoms with van der Waals surface area (Å²) in [5.41, 5.74) is 3.68. The molecule has 46 heavy (non-hydrogen) atoms. The van der Waals surface area contributed by atoms with Crippen LogP contribution in [0.2, 0.25) is 0 Å². The predicted octanol–water partition coefficient (Wildman–Crippen LogP) is -0.872. The van der Waals surface area contributed by atoms with Crippen LogP contribution in [0.1, 0.15) is 62.2 Å². The second-order valence-electron chi connectivity index (χ2n) is 10.7. The molecule has 8 N–H and O–H groups in total.